The molecule has 2 atom stereocenters. The van der Waals surface area contributed by atoms with Crippen molar-refractivity contribution >= 4 is 17.1 Å². The summed E-state index contributed by atoms with van der Waals surface area (Å²) in [6, 6.07) is 0. The van der Waals surface area contributed by atoms with Gasteiger partial charge in [-0.05, 0) is 32.9 Å². The van der Waals surface area contributed by atoms with Crippen molar-refractivity contribution in [1.29, 1.82) is 0 Å². The Hall–Kier alpha value is -0.740. The maximum atomic E-state index is 12.7. The first kappa shape index (κ1) is 13.7. The Labute approximate surface area is 113 Å². The van der Waals surface area contributed by atoms with E-state index in [1.807, 2.05) is 20.3 Å². The van der Waals surface area contributed by atoms with Crippen LogP contribution in [0.5, 0.6) is 0 Å². The van der Waals surface area contributed by atoms with Crippen LogP contribution in [0.25, 0.3) is 0 Å². The zero-order chi connectivity index (χ0) is 13.2. The molecule has 0 bridgehead atoms. The van der Waals surface area contributed by atoms with E-state index in [2.05, 4.69) is 16.8 Å². The number of hydrogen-bond donors (Lipinski definition) is 0. The maximum absolute atomic E-state index is 12.7. The van der Waals surface area contributed by atoms with Crippen LogP contribution in [0, 0.1) is 5.92 Å². The number of hydrogen-bond acceptors (Lipinski definition) is 4. The molecule has 0 N–H and O–H groups in total. The predicted octanol–water partition coefficient (Wildman–Crippen LogP) is 2.77. The number of rotatable bonds is 4. The summed E-state index contributed by atoms with van der Waals surface area (Å²) < 4.78 is 0. The predicted molar refractivity (Wildman–Crippen MR) is 74.9 cm³/mol. The molecule has 1 aromatic rings. The molecule has 1 fully saturated rings. The summed E-state index contributed by atoms with van der Waals surface area (Å²) in [4.78, 5) is 20.0. The number of carbonyl (C=O) groups is 1. The summed E-state index contributed by atoms with van der Waals surface area (Å²) in [5.74, 6) is 1.01. The molecular weight excluding hydrogens is 244 g/mol. The molecule has 0 aromatic carbocycles. The molecule has 18 heavy (non-hydrogen) atoms. The fourth-order valence-electron chi connectivity index (χ4n) is 3.08. The van der Waals surface area contributed by atoms with E-state index in [1.165, 1.54) is 6.42 Å². The van der Waals surface area contributed by atoms with Crippen LogP contribution >= 0.6 is 11.3 Å². The lowest BCUT2D eigenvalue weighted by Crippen LogP contribution is -2.54. The third-order valence-electron chi connectivity index (χ3n) is 4.17. The SMILES string of the molecule is CC1CCCC(C(=O)Cc2cncs2)(N(C)C)C1. The monoisotopic (exact) mass is 266 g/mol. The van der Waals surface area contributed by atoms with Gasteiger partial charge in [-0.3, -0.25) is 14.7 Å². The lowest BCUT2D eigenvalue weighted by Gasteiger charge is -2.43. The van der Waals surface area contributed by atoms with Crippen molar-refractivity contribution in [3.63, 3.8) is 0 Å². The molecule has 1 saturated carbocycles. The Bertz CT molecular complexity index is 402. The minimum atomic E-state index is -0.248. The molecule has 0 saturated heterocycles. The average Bonchev–Trinajstić information content (AvgIpc) is 2.81. The highest BCUT2D eigenvalue weighted by atomic mass is 32.1. The summed E-state index contributed by atoms with van der Waals surface area (Å²) in [5, 5.41) is 0. The van der Waals surface area contributed by atoms with E-state index < -0.39 is 0 Å². The summed E-state index contributed by atoms with van der Waals surface area (Å²) in [5.41, 5.74) is 1.55. The topological polar surface area (TPSA) is 33.2 Å². The Balaban J connectivity index is 2.16. The summed E-state index contributed by atoms with van der Waals surface area (Å²) in [7, 11) is 4.09. The number of thiazole rings is 1. The Morgan fingerprint density at radius 3 is 2.94 bits per heavy atom. The van der Waals surface area contributed by atoms with Crippen LogP contribution in [0.2, 0.25) is 0 Å². The van der Waals surface area contributed by atoms with Gasteiger partial charge >= 0.3 is 0 Å². The first-order valence-corrected chi connectivity index (χ1v) is 7.50. The summed E-state index contributed by atoms with van der Waals surface area (Å²) in [6.45, 7) is 2.26. The molecule has 0 spiro atoms. The lowest BCUT2D eigenvalue weighted by atomic mass is 9.72. The maximum Gasteiger partial charge on any atom is 0.158 e. The van der Waals surface area contributed by atoms with E-state index in [-0.39, 0.29) is 5.54 Å². The number of carbonyl (C=O) groups excluding carboxylic acids is 1. The molecule has 100 valence electrons. The largest absolute Gasteiger partial charge is 0.297 e. The second-order valence-electron chi connectivity index (χ2n) is 5.70. The number of nitrogens with zero attached hydrogens (tertiary/aromatic N) is 2. The molecule has 1 aromatic heterocycles. The first-order valence-electron chi connectivity index (χ1n) is 6.63. The minimum absolute atomic E-state index is 0.248. The van der Waals surface area contributed by atoms with Gasteiger partial charge in [0.25, 0.3) is 0 Å². The van der Waals surface area contributed by atoms with Crippen molar-refractivity contribution in [3.8, 4) is 0 Å². The summed E-state index contributed by atoms with van der Waals surface area (Å²) >= 11 is 1.58. The molecule has 1 heterocycles. The van der Waals surface area contributed by atoms with Crippen molar-refractivity contribution in [1.82, 2.24) is 9.88 Å². The fourth-order valence-corrected chi connectivity index (χ4v) is 3.68. The number of Topliss-reactive ketones (excluding diaryl/α,β-unsaturated/α-hetero) is 1. The zero-order valence-electron chi connectivity index (χ0n) is 11.5. The van der Waals surface area contributed by atoms with Gasteiger partial charge in [0.15, 0.2) is 5.78 Å². The standard InChI is InChI=1S/C14H22N2OS/c1-11-5-4-6-14(8-11,16(2)3)13(17)7-12-9-15-10-18-12/h9-11H,4-8H2,1-3H3. The molecule has 2 unspecified atom stereocenters. The smallest absolute Gasteiger partial charge is 0.158 e. The van der Waals surface area contributed by atoms with E-state index >= 15 is 0 Å². The van der Waals surface area contributed by atoms with Gasteiger partial charge in [0.05, 0.1) is 11.0 Å². The Morgan fingerprint density at radius 1 is 1.61 bits per heavy atom. The van der Waals surface area contributed by atoms with Crippen molar-refractivity contribution in [2.75, 3.05) is 14.1 Å². The zero-order valence-corrected chi connectivity index (χ0v) is 12.3. The molecule has 0 aliphatic heterocycles. The first-order chi connectivity index (χ1) is 8.54. The second kappa shape index (κ2) is 5.49. The van der Waals surface area contributed by atoms with Gasteiger partial charge in [-0.1, -0.05) is 19.8 Å². The molecule has 1 aliphatic rings. The van der Waals surface area contributed by atoms with Crippen LogP contribution in [-0.4, -0.2) is 35.3 Å². The van der Waals surface area contributed by atoms with Gasteiger partial charge in [-0.2, -0.15) is 0 Å². The molecule has 2 rings (SSSR count). The van der Waals surface area contributed by atoms with Gasteiger partial charge in [-0.15, -0.1) is 11.3 Å². The molecule has 1 aliphatic carbocycles. The molecule has 0 amide bonds. The van der Waals surface area contributed by atoms with Crippen molar-refractivity contribution in [3.05, 3.63) is 16.6 Å². The van der Waals surface area contributed by atoms with E-state index in [0.29, 0.717) is 18.1 Å². The highest BCUT2D eigenvalue weighted by Crippen LogP contribution is 2.37. The Morgan fingerprint density at radius 2 is 2.39 bits per heavy atom. The lowest BCUT2D eigenvalue weighted by molar-refractivity contribution is -0.132. The van der Waals surface area contributed by atoms with Crippen LogP contribution in [0.15, 0.2) is 11.7 Å². The molecular formula is C14H22N2OS. The van der Waals surface area contributed by atoms with Crippen LogP contribution < -0.4 is 0 Å². The summed E-state index contributed by atoms with van der Waals surface area (Å²) in [6.07, 6.45) is 6.77. The van der Waals surface area contributed by atoms with E-state index in [1.54, 1.807) is 16.8 Å². The highest BCUT2D eigenvalue weighted by molar-refractivity contribution is 7.09. The van der Waals surface area contributed by atoms with Crippen molar-refractivity contribution in [2.45, 2.75) is 44.6 Å². The number of ketones is 1. The normalized spacial score (nSPS) is 28.6. The van der Waals surface area contributed by atoms with E-state index in [9.17, 15) is 4.79 Å². The van der Waals surface area contributed by atoms with Crippen molar-refractivity contribution in [2.24, 2.45) is 5.92 Å². The second-order valence-corrected chi connectivity index (χ2v) is 6.67. The average molecular weight is 266 g/mol. The van der Waals surface area contributed by atoms with E-state index in [4.69, 9.17) is 0 Å². The molecule has 4 heteroatoms. The quantitative estimate of drug-likeness (QED) is 0.840. The molecule has 0 radical (unpaired) electrons. The third kappa shape index (κ3) is 2.64. The van der Waals surface area contributed by atoms with Gasteiger partial charge in [-0.25, -0.2) is 0 Å². The van der Waals surface area contributed by atoms with Crippen LogP contribution in [0.1, 0.15) is 37.5 Å². The Kier molecular flexibility index (Phi) is 4.17. The van der Waals surface area contributed by atoms with Gasteiger partial charge in [0, 0.05) is 17.5 Å². The van der Waals surface area contributed by atoms with Crippen molar-refractivity contribution < 1.29 is 4.79 Å². The fraction of sp³-hybridized carbons (Fsp3) is 0.714. The van der Waals surface area contributed by atoms with Gasteiger partial charge in [0.1, 0.15) is 0 Å². The number of aromatic nitrogens is 1. The van der Waals surface area contributed by atoms with Gasteiger partial charge in [0.2, 0.25) is 0 Å². The van der Waals surface area contributed by atoms with E-state index in [0.717, 1.165) is 24.1 Å². The van der Waals surface area contributed by atoms with Crippen LogP contribution in [0.3, 0.4) is 0 Å². The van der Waals surface area contributed by atoms with Crippen LogP contribution in [-0.2, 0) is 11.2 Å². The van der Waals surface area contributed by atoms with Gasteiger partial charge < -0.3 is 0 Å². The number of likely N-dealkylation sites (N-methyl/N-ethyl adjacent to an activating group) is 1. The minimum Gasteiger partial charge on any atom is -0.297 e. The third-order valence-corrected chi connectivity index (χ3v) is 4.95. The molecule has 3 nitrogen and oxygen atoms in total. The highest BCUT2D eigenvalue weighted by Gasteiger charge is 2.42. The van der Waals surface area contributed by atoms with Crippen LogP contribution in [0.4, 0.5) is 0 Å².